The van der Waals surface area contributed by atoms with Crippen molar-refractivity contribution >= 4 is 11.8 Å². The van der Waals surface area contributed by atoms with Gasteiger partial charge in [-0.2, -0.15) is 0 Å². The first-order chi connectivity index (χ1) is 9.18. The third-order valence-corrected chi connectivity index (χ3v) is 2.94. The summed E-state index contributed by atoms with van der Waals surface area (Å²) in [6, 6.07) is 1.27. The molecule has 0 unspecified atom stereocenters. The minimum atomic E-state index is -0.537. The predicted octanol–water partition coefficient (Wildman–Crippen LogP) is -1.46. The standard InChI is InChI=1S/C12H16N4O3/c17-10-1-2-14-7-9(10)12(19)15-8-11(18)16-5-3-13-4-6-16/h1-2,7,13H,3-6,8H2,(H,14,17)(H,15,19). The van der Waals surface area contributed by atoms with Gasteiger partial charge in [0.25, 0.3) is 5.91 Å². The summed E-state index contributed by atoms with van der Waals surface area (Å²) in [6.45, 7) is 2.71. The van der Waals surface area contributed by atoms with Gasteiger partial charge in [-0.25, -0.2) is 0 Å². The van der Waals surface area contributed by atoms with Gasteiger partial charge in [0.1, 0.15) is 5.56 Å². The number of piperazine rings is 1. The summed E-state index contributed by atoms with van der Waals surface area (Å²) in [6.07, 6.45) is 2.78. The molecule has 7 nitrogen and oxygen atoms in total. The Morgan fingerprint density at radius 3 is 2.74 bits per heavy atom. The Labute approximate surface area is 110 Å². The number of carbonyl (C=O) groups excluding carboxylic acids is 2. The van der Waals surface area contributed by atoms with Gasteiger partial charge in [0.05, 0.1) is 6.54 Å². The molecule has 0 aromatic carbocycles. The summed E-state index contributed by atoms with van der Waals surface area (Å²) >= 11 is 0. The zero-order valence-electron chi connectivity index (χ0n) is 10.4. The first-order valence-electron chi connectivity index (χ1n) is 6.12. The second-order valence-electron chi connectivity index (χ2n) is 4.24. The number of aromatic amines is 1. The Kier molecular flexibility index (Phi) is 4.30. The van der Waals surface area contributed by atoms with Crippen LogP contribution in [0.15, 0.2) is 23.3 Å². The molecular formula is C12H16N4O3. The van der Waals surface area contributed by atoms with Crippen LogP contribution < -0.4 is 16.1 Å². The van der Waals surface area contributed by atoms with E-state index in [9.17, 15) is 14.4 Å². The van der Waals surface area contributed by atoms with E-state index < -0.39 is 5.91 Å². The second-order valence-corrected chi connectivity index (χ2v) is 4.24. The zero-order valence-corrected chi connectivity index (χ0v) is 10.4. The van der Waals surface area contributed by atoms with E-state index in [0.717, 1.165) is 13.1 Å². The lowest BCUT2D eigenvalue weighted by atomic mass is 10.2. The second kappa shape index (κ2) is 6.14. The molecule has 2 rings (SSSR count). The van der Waals surface area contributed by atoms with Crippen LogP contribution >= 0.6 is 0 Å². The molecule has 0 radical (unpaired) electrons. The van der Waals surface area contributed by atoms with Crippen molar-refractivity contribution in [2.75, 3.05) is 32.7 Å². The molecule has 2 heterocycles. The maximum absolute atomic E-state index is 11.8. The highest BCUT2D eigenvalue weighted by Gasteiger charge is 2.17. The SMILES string of the molecule is O=C(NCC(=O)N1CCNCC1)c1c[nH]ccc1=O. The molecule has 7 heteroatoms. The lowest BCUT2D eigenvalue weighted by Crippen LogP contribution is -2.49. The van der Waals surface area contributed by atoms with E-state index in [1.807, 2.05) is 0 Å². The van der Waals surface area contributed by atoms with Crippen LogP contribution in [-0.2, 0) is 4.79 Å². The van der Waals surface area contributed by atoms with E-state index in [1.54, 1.807) is 4.90 Å². The molecule has 2 amide bonds. The fraction of sp³-hybridized carbons (Fsp3) is 0.417. The Morgan fingerprint density at radius 1 is 1.32 bits per heavy atom. The number of nitrogens with zero attached hydrogens (tertiary/aromatic N) is 1. The van der Waals surface area contributed by atoms with Crippen LogP contribution in [0.2, 0.25) is 0 Å². The third kappa shape index (κ3) is 3.41. The number of hydrogen-bond donors (Lipinski definition) is 3. The van der Waals surface area contributed by atoms with Gasteiger partial charge >= 0.3 is 0 Å². The maximum Gasteiger partial charge on any atom is 0.257 e. The van der Waals surface area contributed by atoms with Crippen molar-refractivity contribution in [3.05, 3.63) is 34.2 Å². The monoisotopic (exact) mass is 264 g/mol. The number of amides is 2. The van der Waals surface area contributed by atoms with Gasteiger partial charge < -0.3 is 20.5 Å². The largest absolute Gasteiger partial charge is 0.367 e. The highest BCUT2D eigenvalue weighted by atomic mass is 16.2. The molecule has 1 aromatic heterocycles. The van der Waals surface area contributed by atoms with Crippen molar-refractivity contribution in [3.63, 3.8) is 0 Å². The number of hydrogen-bond acceptors (Lipinski definition) is 4. The topological polar surface area (TPSA) is 94.3 Å². The van der Waals surface area contributed by atoms with Crippen molar-refractivity contribution in [1.29, 1.82) is 0 Å². The quantitative estimate of drug-likeness (QED) is 0.621. The van der Waals surface area contributed by atoms with Crippen LogP contribution in [0, 0.1) is 0 Å². The first kappa shape index (κ1) is 13.3. The van der Waals surface area contributed by atoms with Crippen molar-refractivity contribution in [1.82, 2.24) is 20.5 Å². The normalized spacial score (nSPS) is 15.1. The number of rotatable bonds is 3. The van der Waals surface area contributed by atoms with Gasteiger partial charge in [0.2, 0.25) is 5.91 Å². The van der Waals surface area contributed by atoms with Crippen LogP contribution in [-0.4, -0.2) is 54.4 Å². The van der Waals surface area contributed by atoms with E-state index in [0.29, 0.717) is 13.1 Å². The molecule has 1 aliphatic rings. The lowest BCUT2D eigenvalue weighted by Gasteiger charge is -2.27. The average Bonchev–Trinajstić information content (AvgIpc) is 2.46. The minimum Gasteiger partial charge on any atom is -0.367 e. The number of aromatic nitrogens is 1. The molecule has 102 valence electrons. The lowest BCUT2D eigenvalue weighted by molar-refractivity contribution is -0.130. The van der Waals surface area contributed by atoms with E-state index in [2.05, 4.69) is 15.6 Å². The fourth-order valence-corrected chi connectivity index (χ4v) is 1.87. The molecule has 1 fully saturated rings. The zero-order chi connectivity index (χ0) is 13.7. The van der Waals surface area contributed by atoms with Gasteiger partial charge in [-0.15, -0.1) is 0 Å². The van der Waals surface area contributed by atoms with Crippen molar-refractivity contribution < 1.29 is 9.59 Å². The van der Waals surface area contributed by atoms with Gasteiger partial charge in [-0.3, -0.25) is 14.4 Å². The van der Waals surface area contributed by atoms with Gasteiger partial charge in [-0.05, 0) is 0 Å². The summed E-state index contributed by atoms with van der Waals surface area (Å²) in [5, 5.41) is 5.61. The molecule has 0 spiro atoms. The number of carbonyl (C=O) groups is 2. The molecular weight excluding hydrogens is 248 g/mol. The molecule has 1 aromatic rings. The fourth-order valence-electron chi connectivity index (χ4n) is 1.87. The summed E-state index contributed by atoms with van der Waals surface area (Å²) < 4.78 is 0. The van der Waals surface area contributed by atoms with Crippen LogP contribution in [0.3, 0.4) is 0 Å². The predicted molar refractivity (Wildman–Crippen MR) is 68.8 cm³/mol. The van der Waals surface area contributed by atoms with Crippen LogP contribution in [0.5, 0.6) is 0 Å². The Hall–Kier alpha value is -2.15. The molecule has 3 N–H and O–H groups in total. The van der Waals surface area contributed by atoms with Crippen molar-refractivity contribution in [2.24, 2.45) is 0 Å². The Balaban J connectivity index is 1.88. The summed E-state index contributed by atoms with van der Waals surface area (Å²) in [5.41, 5.74) is -0.360. The Morgan fingerprint density at radius 2 is 2.05 bits per heavy atom. The Bertz CT molecular complexity index is 520. The van der Waals surface area contributed by atoms with E-state index >= 15 is 0 Å². The van der Waals surface area contributed by atoms with Crippen LogP contribution in [0.1, 0.15) is 10.4 Å². The summed E-state index contributed by atoms with van der Waals surface area (Å²) in [7, 11) is 0. The maximum atomic E-state index is 11.8. The molecule has 19 heavy (non-hydrogen) atoms. The highest BCUT2D eigenvalue weighted by Crippen LogP contribution is 1.93. The van der Waals surface area contributed by atoms with Gasteiger partial charge in [0.15, 0.2) is 5.43 Å². The molecule has 1 saturated heterocycles. The van der Waals surface area contributed by atoms with Gasteiger partial charge in [0, 0.05) is 44.6 Å². The third-order valence-electron chi connectivity index (χ3n) is 2.94. The van der Waals surface area contributed by atoms with Gasteiger partial charge in [-0.1, -0.05) is 0 Å². The smallest absolute Gasteiger partial charge is 0.257 e. The highest BCUT2D eigenvalue weighted by molar-refractivity contribution is 5.96. The minimum absolute atomic E-state index is 0.00982. The molecule has 0 bridgehead atoms. The average molecular weight is 264 g/mol. The van der Waals surface area contributed by atoms with E-state index in [4.69, 9.17) is 0 Å². The number of nitrogens with one attached hydrogen (secondary N) is 3. The molecule has 0 saturated carbocycles. The van der Waals surface area contributed by atoms with E-state index in [1.165, 1.54) is 18.5 Å². The van der Waals surface area contributed by atoms with Crippen molar-refractivity contribution in [3.8, 4) is 0 Å². The number of pyridine rings is 1. The van der Waals surface area contributed by atoms with Crippen LogP contribution in [0.25, 0.3) is 0 Å². The molecule has 0 atom stereocenters. The van der Waals surface area contributed by atoms with Crippen molar-refractivity contribution in [2.45, 2.75) is 0 Å². The molecule has 0 aliphatic carbocycles. The summed E-state index contributed by atoms with van der Waals surface area (Å²) in [4.78, 5) is 39.3. The number of H-pyrrole nitrogens is 1. The first-order valence-corrected chi connectivity index (χ1v) is 6.12. The summed E-state index contributed by atoms with van der Waals surface area (Å²) in [5.74, 6) is -0.674. The molecule has 1 aliphatic heterocycles. The van der Waals surface area contributed by atoms with Crippen LogP contribution in [0.4, 0.5) is 0 Å². The van der Waals surface area contributed by atoms with E-state index in [-0.39, 0.29) is 23.4 Å².